The zero-order valence-corrected chi connectivity index (χ0v) is 17.9. The molecule has 0 aliphatic heterocycles. The maximum atomic E-state index is 13.3. The van der Waals surface area contributed by atoms with Crippen molar-refractivity contribution >= 4 is 11.5 Å². The number of hydrogen-bond acceptors (Lipinski definition) is 2. The van der Waals surface area contributed by atoms with Gasteiger partial charge in [0.25, 0.3) is 5.91 Å². The second-order valence-corrected chi connectivity index (χ2v) is 7.62. The predicted molar refractivity (Wildman–Crippen MR) is 122 cm³/mol. The Balaban J connectivity index is 1.68. The number of alkyl halides is 3. The topological polar surface area (TPSA) is 46.9 Å². The van der Waals surface area contributed by atoms with Crippen LogP contribution in [0.4, 0.5) is 13.2 Å². The van der Waals surface area contributed by atoms with Gasteiger partial charge in [-0.3, -0.25) is 4.79 Å². The van der Waals surface area contributed by atoms with Gasteiger partial charge >= 0.3 is 6.18 Å². The number of hydrogen-bond donors (Lipinski definition) is 1. The molecule has 0 fully saturated rings. The van der Waals surface area contributed by atoms with Crippen molar-refractivity contribution in [2.75, 3.05) is 0 Å². The molecule has 0 unspecified atom stereocenters. The van der Waals surface area contributed by atoms with Crippen molar-refractivity contribution in [2.45, 2.75) is 26.1 Å². The number of carbonyl (C=O) groups excluding carboxylic acids is 1. The Labute approximate surface area is 189 Å². The van der Waals surface area contributed by atoms with Gasteiger partial charge in [-0.15, -0.1) is 0 Å². The fourth-order valence-corrected chi connectivity index (χ4v) is 3.68. The van der Waals surface area contributed by atoms with Crippen LogP contribution in [0.15, 0.2) is 85.0 Å². The maximum Gasteiger partial charge on any atom is 0.416 e. The highest BCUT2D eigenvalue weighted by atomic mass is 19.4. The summed E-state index contributed by atoms with van der Waals surface area (Å²) in [6, 6.07) is 14.4. The normalized spacial score (nSPS) is 13.5. The van der Waals surface area contributed by atoms with E-state index in [1.807, 2.05) is 67.6 Å². The minimum absolute atomic E-state index is 0.0331. The van der Waals surface area contributed by atoms with E-state index in [0.29, 0.717) is 28.9 Å². The fraction of sp³-hybridized carbons (Fsp3) is 0.154. The van der Waals surface area contributed by atoms with Crippen LogP contribution in [0.5, 0.6) is 0 Å². The summed E-state index contributed by atoms with van der Waals surface area (Å²) in [5, 5.41) is 7.50. The van der Waals surface area contributed by atoms with E-state index >= 15 is 0 Å². The zero-order chi connectivity index (χ0) is 23.4. The molecule has 4 nitrogen and oxygen atoms in total. The number of rotatable bonds is 5. The Morgan fingerprint density at radius 2 is 1.88 bits per heavy atom. The third-order valence-electron chi connectivity index (χ3n) is 5.32. The standard InChI is InChI=1S/C26H22F3N3O/c1-18-23(25(33)30-17-19-10-9-13-21(16-19)26(27,28)29)24(20-11-5-2-3-6-12-20)31-32(18)22-14-7-4-8-15-22/h2-5,7-16H,6,17H2,1H3,(H,30,33). The van der Waals surface area contributed by atoms with Crippen LogP contribution in [-0.4, -0.2) is 15.7 Å². The number of allylic oxidation sites excluding steroid dienone is 6. The molecule has 0 spiro atoms. The third kappa shape index (κ3) is 4.98. The van der Waals surface area contributed by atoms with Gasteiger partial charge in [0.05, 0.1) is 22.5 Å². The minimum atomic E-state index is -4.44. The maximum absolute atomic E-state index is 13.3. The van der Waals surface area contributed by atoms with E-state index in [-0.39, 0.29) is 6.54 Å². The van der Waals surface area contributed by atoms with E-state index < -0.39 is 17.6 Å². The van der Waals surface area contributed by atoms with Crippen molar-refractivity contribution in [3.8, 4) is 5.69 Å². The summed E-state index contributed by atoms with van der Waals surface area (Å²) in [5.41, 5.74) is 2.80. The Hall–Kier alpha value is -3.87. The summed E-state index contributed by atoms with van der Waals surface area (Å²) in [7, 11) is 0. The van der Waals surface area contributed by atoms with Crippen molar-refractivity contribution in [3.05, 3.63) is 113 Å². The van der Waals surface area contributed by atoms with Gasteiger partial charge in [0.15, 0.2) is 0 Å². The number of aromatic nitrogens is 2. The molecule has 1 aliphatic carbocycles. The summed E-state index contributed by atoms with van der Waals surface area (Å²) in [4.78, 5) is 13.3. The first-order chi connectivity index (χ1) is 15.8. The lowest BCUT2D eigenvalue weighted by Gasteiger charge is -2.10. The fourth-order valence-electron chi connectivity index (χ4n) is 3.68. The molecule has 0 saturated carbocycles. The zero-order valence-electron chi connectivity index (χ0n) is 17.9. The molecule has 7 heteroatoms. The van der Waals surface area contributed by atoms with Crippen LogP contribution in [0.1, 0.15) is 39.3 Å². The second-order valence-electron chi connectivity index (χ2n) is 7.62. The minimum Gasteiger partial charge on any atom is -0.348 e. The molecule has 1 aliphatic rings. The first-order valence-corrected chi connectivity index (χ1v) is 10.5. The lowest BCUT2D eigenvalue weighted by atomic mass is 10.0. The number of para-hydroxylation sites is 1. The van der Waals surface area contributed by atoms with Crippen molar-refractivity contribution in [1.29, 1.82) is 0 Å². The summed E-state index contributed by atoms with van der Waals surface area (Å²) in [5.74, 6) is -0.395. The Morgan fingerprint density at radius 1 is 1.09 bits per heavy atom. The Morgan fingerprint density at radius 3 is 2.64 bits per heavy atom. The number of carbonyl (C=O) groups is 1. The molecule has 1 N–H and O–H groups in total. The van der Waals surface area contributed by atoms with Gasteiger partial charge in [0.1, 0.15) is 5.69 Å². The van der Waals surface area contributed by atoms with E-state index in [9.17, 15) is 18.0 Å². The van der Waals surface area contributed by atoms with Crippen LogP contribution in [0.25, 0.3) is 11.3 Å². The Bertz CT molecular complexity index is 1250. The number of nitrogens with zero attached hydrogens (tertiary/aromatic N) is 2. The molecule has 4 rings (SSSR count). The first kappa shape index (κ1) is 22.3. The molecular weight excluding hydrogens is 427 g/mol. The molecule has 1 amide bonds. The molecule has 0 bridgehead atoms. The van der Waals surface area contributed by atoms with E-state index in [4.69, 9.17) is 5.10 Å². The molecule has 0 radical (unpaired) electrons. The van der Waals surface area contributed by atoms with Crippen LogP contribution >= 0.6 is 0 Å². The lowest BCUT2D eigenvalue weighted by Crippen LogP contribution is -2.24. The molecule has 3 aromatic rings. The molecule has 168 valence electrons. The van der Waals surface area contributed by atoms with Crippen LogP contribution in [0, 0.1) is 6.92 Å². The largest absolute Gasteiger partial charge is 0.416 e. The Kier molecular flexibility index (Phi) is 6.31. The van der Waals surface area contributed by atoms with Crippen molar-refractivity contribution in [2.24, 2.45) is 0 Å². The highest BCUT2D eigenvalue weighted by molar-refractivity contribution is 6.00. The monoisotopic (exact) mass is 449 g/mol. The van der Waals surface area contributed by atoms with Crippen molar-refractivity contribution in [3.63, 3.8) is 0 Å². The number of amides is 1. The molecule has 2 aromatic carbocycles. The van der Waals surface area contributed by atoms with Gasteiger partial charge in [0.2, 0.25) is 0 Å². The van der Waals surface area contributed by atoms with Crippen LogP contribution in [0.2, 0.25) is 0 Å². The predicted octanol–water partition coefficient (Wildman–Crippen LogP) is 6.03. The van der Waals surface area contributed by atoms with E-state index in [2.05, 4.69) is 5.32 Å². The van der Waals surface area contributed by atoms with Crippen molar-refractivity contribution < 1.29 is 18.0 Å². The SMILES string of the molecule is Cc1c(C(=O)NCc2cccc(C(F)(F)F)c2)c(C2=CCC=CC=C2)nn1-c1ccccc1. The summed E-state index contributed by atoms with van der Waals surface area (Å²) in [6.07, 6.45) is 5.96. The van der Waals surface area contributed by atoms with E-state index in [0.717, 1.165) is 23.4 Å². The van der Waals surface area contributed by atoms with Crippen molar-refractivity contribution in [1.82, 2.24) is 15.1 Å². The number of halogens is 3. The van der Waals surface area contributed by atoms with Crippen LogP contribution in [-0.2, 0) is 12.7 Å². The van der Waals surface area contributed by atoms with Crippen LogP contribution in [0.3, 0.4) is 0 Å². The quantitative estimate of drug-likeness (QED) is 0.517. The molecule has 0 saturated heterocycles. The van der Waals surface area contributed by atoms with Crippen LogP contribution < -0.4 is 5.32 Å². The number of nitrogens with one attached hydrogen (secondary N) is 1. The molecule has 0 atom stereocenters. The summed E-state index contributed by atoms with van der Waals surface area (Å²) < 4.78 is 40.8. The molecule has 33 heavy (non-hydrogen) atoms. The average Bonchev–Trinajstić information content (AvgIpc) is 2.97. The summed E-state index contributed by atoms with van der Waals surface area (Å²) in [6.45, 7) is 1.77. The average molecular weight is 449 g/mol. The van der Waals surface area contributed by atoms with Gasteiger partial charge in [-0.05, 0) is 48.7 Å². The van der Waals surface area contributed by atoms with Gasteiger partial charge in [0, 0.05) is 6.54 Å². The number of benzene rings is 2. The smallest absolute Gasteiger partial charge is 0.348 e. The van der Waals surface area contributed by atoms with E-state index in [1.54, 1.807) is 10.7 Å². The third-order valence-corrected chi connectivity index (χ3v) is 5.32. The molecule has 1 aromatic heterocycles. The second kappa shape index (κ2) is 9.32. The highest BCUT2D eigenvalue weighted by Crippen LogP contribution is 2.30. The molecule has 1 heterocycles. The highest BCUT2D eigenvalue weighted by Gasteiger charge is 2.30. The van der Waals surface area contributed by atoms with Gasteiger partial charge in [-0.2, -0.15) is 18.3 Å². The van der Waals surface area contributed by atoms with Gasteiger partial charge in [-0.1, -0.05) is 60.7 Å². The lowest BCUT2D eigenvalue weighted by molar-refractivity contribution is -0.137. The van der Waals surface area contributed by atoms with Gasteiger partial charge in [-0.25, -0.2) is 4.68 Å². The van der Waals surface area contributed by atoms with E-state index in [1.165, 1.54) is 6.07 Å². The molecular formula is C26H22F3N3O. The first-order valence-electron chi connectivity index (χ1n) is 10.5. The van der Waals surface area contributed by atoms with Gasteiger partial charge < -0.3 is 5.32 Å². The summed E-state index contributed by atoms with van der Waals surface area (Å²) >= 11 is 0.